The minimum Gasteiger partial charge on any atom is -0.493 e. The van der Waals surface area contributed by atoms with Crippen LogP contribution in [0.15, 0.2) is 48.5 Å². The van der Waals surface area contributed by atoms with Crippen LogP contribution in [0.4, 0.5) is 5.69 Å². The van der Waals surface area contributed by atoms with Gasteiger partial charge in [0.25, 0.3) is 5.91 Å². The lowest BCUT2D eigenvalue weighted by molar-refractivity contribution is 0.0713. The van der Waals surface area contributed by atoms with E-state index in [4.69, 9.17) is 4.74 Å². The van der Waals surface area contributed by atoms with Crippen molar-refractivity contribution in [2.75, 3.05) is 51.8 Å². The van der Waals surface area contributed by atoms with Gasteiger partial charge in [0.05, 0.1) is 12.2 Å². The fourth-order valence-corrected chi connectivity index (χ4v) is 5.19. The zero-order valence-corrected chi connectivity index (χ0v) is 20.7. The van der Waals surface area contributed by atoms with Gasteiger partial charge in [-0.05, 0) is 61.9 Å². The van der Waals surface area contributed by atoms with Gasteiger partial charge in [-0.1, -0.05) is 44.2 Å². The number of anilines is 1. The number of piperidine rings is 1. The predicted molar refractivity (Wildman–Crippen MR) is 135 cm³/mol. The molecule has 0 saturated carbocycles. The molecule has 0 N–H and O–H groups in total. The van der Waals surface area contributed by atoms with E-state index in [1.165, 1.54) is 5.56 Å². The third-order valence-corrected chi connectivity index (χ3v) is 7.20. The Balaban J connectivity index is 1.35. The van der Waals surface area contributed by atoms with Crippen LogP contribution in [-0.4, -0.2) is 62.6 Å². The Hall–Kier alpha value is -2.53. The van der Waals surface area contributed by atoms with Gasteiger partial charge in [-0.3, -0.25) is 9.69 Å². The summed E-state index contributed by atoms with van der Waals surface area (Å²) in [6.07, 6.45) is 3.42. The van der Waals surface area contributed by atoms with Crippen molar-refractivity contribution in [3.8, 4) is 5.75 Å². The van der Waals surface area contributed by atoms with E-state index in [2.05, 4.69) is 47.9 Å². The number of hydrogen-bond donors (Lipinski definition) is 0. The second kappa shape index (κ2) is 10.2. The van der Waals surface area contributed by atoms with Gasteiger partial charge in [0.1, 0.15) is 5.75 Å². The fourth-order valence-electron chi connectivity index (χ4n) is 5.19. The quantitative estimate of drug-likeness (QED) is 0.601. The first-order valence-electron chi connectivity index (χ1n) is 12.4. The predicted octanol–water partition coefficient (Wildman–Crippen LogP) is 4.92. The van der Waals surface area contributed by atoms with Gasteiger partial charge in [-0.15, -0.1) is 0 Å². The van der Waals surface area contributed by atoms with Crippen LogP contribution in [0.1, 0.15) is 49.0 Å². The Morgan fingerprint density at radius 1 is 1.00 bits per heavy atom. The molecule has 0 unspecified atom stereocenters. The van der Waals surface area contributed by atoms with E-state index >= 15 is 0 Å². The molecule has 0 aliphatic carbocycles. The maximum atomic E-state index is 13.3. The van der Waals surface area contributed by atoms with Crippen molar-refractivity contribution in [3.05, 3.63) is 59.7 Å². The van der Waals surface area contributed by atoms with Crippen LogP contribution in [0, 0.1) is 11.3 Å². The first-order chi connectivity index (χ1) is 15.9. The summed E-state index contributed by atoms with van der Waals surface area (Å²) in [6, 6.07) is 16.4. The number of para-hydroxylation sites is 2. The van der Waals surface area contributed by atoms with Crippen molar-refractivity contribution < 1.29 is 9.53 Å². The molecule has 2 aromatic rings. The van der Waals surface area contributed by atoms with E-state index in [0.29, 0.717) is 5.92 Å². The highest BCUT2D eigenvalue weighted by atomic mass is 16.5. The topological polar surface area (TPSA) is 36.0 Å². The van der Waals surface area contributed by atoms with Gasteiger partial charge in [0.2, 0.25) is 0 Å². The van der Waals surface area contributed by atoms with Crippen LogP contribution < -0.4 is 9.64 Å². The van der Waals surface area contributed by atoms with Crippen molar-refractivity contribution in [2.45, 2.75) is 39.7 Å². The summed E-state index contributed by atoms with van der Waals surface area (Å²) in [4.78, 5) is 20.0. The summed E-state index contributed by atoms with van der Waals surface area (Å²) < 4.78 is 6.07. The van der Waals surface area contributed by atoms with E-state index in [1.54, 1.807) is 0 Å². The number of benzene rings is 2. The lowest BCUT2D eigenvalue weighted by Crippen LogP contribution is -2.42. The molecular formula is C28H39N3O2. The van der Waals surface area contributed by atoms with Gasteiger partial charge in [-0.25, -0.2) is 0 Å². The maximum Gasteiger partial charge on any atom is 0.255 e. The summed E-state index contributed by atoms with van der Waals surface area (Å²) in [7, 11) is 4.00. The monoisotopic (exact) mass is 449 g/mol. The molecule has 0 bridgehead atoms. The zero-order valence-electron chi connectivity index (χ0n) is 20.7. The Labute approximate surface area is 199 Å². The van der Waals surface area contributed by atoms with Crippen molar-refractivity contribution >= 4 is 11.6 Å². The molecule has 0 radical (unpaired) electrons. The van der Waals surface area contributed by atoms with E-state index in [1.807, 2.05) is 43.3 Å². The third-order valence-electron chi connectivity index (χ3n) is 7.20. The number of amides is 1. The molecule has 33 heavy (non-hydrogen) atoms. The van der Waals surface area contributed by atoms with Crippen LogP contribution in [0.5, 0.6) is 5.75 Å². The van der Waals surface area contributed by atoms with Gasteiger partial charge in [-0.2, -0.15) is 0 Å². The zero-order chi connectivity index (χ0) is 23.4. The second-order valence-corrected chi connectivity index (χ2v) is 10.5. The molecular weight excluding hydrogens is 410 g/mol. The summed E-state index contributed by atoms with van der Waals surface area (Å²) >= 11 is 0. The summed E-state index contributed by atoms with van der Waals surface area (Å²) in [5.41, 5.74) is 3.36. The van der Waals surface area contributed by atoms with Crippen LogP contribution in [-0.2, 0) is 6.54 Å². The first-order valence-corrected chi connectivity index (χ1v) is 12.4. The first kappa shape index (κ1) is 23.6. The molecule has 2 aliphatic heterocycles. The van der Waals surface area contributed by atoms with Gasteiger partial charge in [0.15, 0.2) is 0 Å². The largest absolute Gasteiger partial charge is 0.493 e. The van der Waals surface area contributed by atoms with Crippen molar-refractivity contribution in [1.29, 1.82) is 0 Å². The summed E-state index contributed by atoms with van der Waals surface area (Å²) in [6.45, 7) is 9.96. The number of likely N-dealkylation sites (tertiary alicyclic amines) is 2. The number of rotatable bonds is 7. The number of ether oxygens (including phenoxy) is 1. The maximum absolute atomic E-state index is 13.3. The van der Waals surface area contributed by atoms with Crippen LogP contribution in [0.25, 0.3) is 0 Å². The standard InChI is InChI=1S/C28H39N3O2/c1-22(2)20-33-26-12-8-5-9-23(26)19-30-16-13-28(14-17-30)15-18-31(21-28)27(32)24-10-6-7-11-25(24)29(3)4/h5-12,22H,13-21H2,1-4H3. The van der Waals surface area contributed by atoms with E-state index < -0.39 is 0 Å². The molecule has 4 rings (SSSR count). The van der Waals surface area contributed by atoms with Crippen molar-refractivity contribution in [2.24, 2.45) is 11.3 Å². The van der Waals surface area contributed by atoms with E-state index in [0.717, 1.165) is 75.6 Å². The molecule has 1 spiro atoms. The highest BCUT2D eigenvalue weighted by Crippen LogP contribution is 2.41. The van der Waals surface area contributed by atoms with E-state index in [-0.39, 0.29) is 11.3 Å². The Morgan fingerprint density at radius 3 is 2.39 bits per heavy atom. The highest BCUT2D eigenvalue weighted by Gasteiger charge is 2.42. The molecule has 2 aromatic carbocycles. The van der Waals surface area contributed by atoms with E-state index in [9.17, 15) is 4.79 Å². The summed E-state index contributed by atoms with van der Waals surface area (Å²) in [5.74, 6) is 1.71. The lowest BCUT2D eigenvalue weighted by atomic mass is 9.77. The second-order valence-electron chi connectivity index (χ2n) is 10.5. The molecule has 5 heteroatoms. The minimum absolute atomic E-state index is 0.176. The number of nitrogens with zero attached hydrogens (tertiary/aromatic N) is 3. The number of carbonyl (C=O) groups is 1. The smallest absolute Gasteiger partial charge is 0.255 e. The molecule has 5 nitrogen and oxygen atoms in total. The molecule has 1 amide bonds. The molecule has 0 atom stereocenters. The summed E-state index contributed by atoms with van der Waals surface area (Å²) in [5, 5.41) is 0. The van der Waals surface area contributed by atoms with Gasteiger partial charge in [0, 0.05) is 45.0 Å². The van der Waals surface area contributed by atoms with Crippen molar-refractivity contribution in [3.63, 3.8) is 0 Å². The molecule has 178 valence electrons. The molecule has 2 fully saturated rings. The molecule has 0 aromatic heterocycles. The third kappa shape index (κ3) is 5.52. The SMILES string of the molecule is CC(C)COc1ccccc1CN1CCC2(CC1)CCN(C(=O)c1ccccc1N(C)C)C2. The van der Waals surface area contributed by atoms with Crippen LogP contribution >= 0.6 is 0 Å². The van der Waals surface area contributed by atoms with Crippen LogP contribution in [0.3, 0.4) is 0 Å². The Bertz CT molecular complexity index is 948. The molecule has 2 heterocycles. The van der Waals surface area contributed by atoms with Gasteiger partial charge >= 0.3 is 0 Å². The minimum atomic E-state index is 0.176. The molecule has 2 aliphatic rings. The molecule has 2 saturated heterocycles. The van der Waals surface area contributed by atoms with Gasteiger partial charge < -0.3 is 14.5 Å². The average Bonchev–Trinajstić information content (AvgIpc) is 3.23. The lowest BCUT2D eigenvalue weighted by Gasteiger charge is -2.39. The Morgan fingerprint density at radius 2 is 1.67 bits per heavy atom. The average molecular weight is 450 g/mol. The van der Waals surface area contributed by atoms with Crippen molar-refractivity contribution in [1.82, 2.24) is 9.80 Å². The highest BCUT2D eigenvalue weighted by molar-refractivity contribution is 6.00. The van der Waals surface area contributed by atoms with Crippen LogP contribution in [0.2, 0.25) is 0 Å². The Kier molecular flexibility index (Phi) is 7.28. The number of carbonyl (C=O) groups excluding carboxylic acids is 1. The fraction of sp³-hybridized carbons (Fsp3) is 0.536. The number of hydrogen-bond acceptors (Lipinski definition) is 4. The normalized spacial score (nSPS) is 18.2.